The Balaban J connectivity index is 1.53. The fraction of sp³-hybridized carbons (Fsp3) is 0.316. The van der Waals surface area contributed by atoms with E-state index < -0.39 is 0 Å². The highest BCUT2D eigenvalue weighted by Crippen LogP contribution is 2.37. The van der Waals surface area contributed by atoms with Crippen LogP contribution in [0.25, 0.3) is 20.7 Å². The highest BCUT2D eigenvalue weighted by molar-refractivity contribution is 8.00. The molecule has 26 heavy (non-hydrogen) atoms. The molecule has 7 heteroatoms. The molecule has 0 radical (unpaired) electrons. The highest BCUT2D eigenvalue weighted by Gasteiger charge is 2.18. The van der Waals surface area contributed by atoms with Crippen LogP contribution < -0.4 is 0 Å². The number of thioether (sulfide) groups is 1. The summed E-state index contributed by atoms with van der Waals surface area (Å²) < 4.78 is 14.1. The highest BCUT2D eigenvalue weighted by atomic mass is 32.2. The molecule has 0 saturated carbocycles. The van der Waals surface area contributed by atoms with Crippen molar-refractivity contribution in [3.8, 4) is 10.4 Å². The molecule has 2 aromatic heterocycles. The van der Waals surface area contributed by atoms with Crippen molar-refractivity contribution in [1.82, 2.24) is 14.9 Å². The molecule has 0 N–H and O–H groups in total. The number of fused-ring (bicyclic) bond motifs is 1. The molecule has 1 amide bonds. The summed E-state index contributed by atoms with van der Waals surface area (Å²) in [4.78, 5) is 24.1. The molecule has 1 aromatic carbocycles. The summed E-state index contributed by atoms with van der Waals surface area (Å²) in [7, 11) is 0. The van der Waals surface area contributed by atoms with Crippen LogP contribution in [0.15, 0.2) is 41.7 Å². The number of amides is 1. The van der Waals surface area contributed by atoms with Gasteiger partial charge in [-0.3, -0.25) is 4.79 Å². The van der Waals surface area contributed by atoms with Gasteiger partial charge in [0.05, 0.1) is 16.0 Å². The number of carbonyl (C=O) groups is 1. The number of halogens is 1. The van der Waals surface area contributed by atoms with Gasteiger partial charge in [0.25, 0.3) is 0 Å². The first kappa shape index (κ1) is 17.4. The molecule has 0 unspecified atom stereocenters. The zero-order valence-electron chi connectivity index (χ0n) is 14.2. The zero-order valence-corrected chi connectivity index (χ0v) is 15.8. The maximum absolute atomic E-state index is 13.1. The SMILES string of the molecule is O=C(CSc1ncnc2cc(-c3ccc(F)cc3)sc12)N1CCCCC1. The lowest BCUT2D eigenvalue weighted by Crippen LogP contribution is -2.36. The van der Waals surface area contributed by atoms with Crippen molar-refractivity contribution in [2.75, 3.05) is 18.8 Å². The zero-order chi connectivity index (χ0) is 17.9. The predicted octanol–water partition coefficient (Wildman–Crippen LogP) is 4.60. The van der Waals surface area contributed by atoms with Crippen molar-refractivity contribution in [1.29, 1.82) is 0 Å². The fourth-order valence-electron chi connectivity index (χ4n) is 3.06. The van der Waals surface area contributed by atoms with E-state index in [0.717, 1.165) is 51.6 Å². The molecule has 1 aliphatic heterocycles. The lowest BCUT2D eigenvalue weighted by atomic mass is 10.1. The second-order valence-electron chi connectivity index (χ2n) is 6.24. The van der Waals surface area contributed by atoms with Crippen LogP contribution in [0.1, 0.15) is 19.3 Å². The summed E-state index contributed by atoms with van der Waals surface area (Å²) in [5, 5.41) is 0.832. The van der Waals surface area contributed by atoms with Crippen LogP contribution in [0, 0.1) is 5.82 Å². The van der Waals surface area contributed by atoms with E-state index in [9.17, 15) is 9.18 Å². The monoisotopic (exact) mass is 387 g/mol. The van der Waals surface area contributed by atoms with E-state index in [2.05, 4.69) is 9.97 Å². The van der Waals surface area contributed by atoms with Gasteiger partial charge in [0, 0.05) is 18.0 Å². The fourth-order valence-corrected chi connectivity index (χ4v) is 5.16. The smallest absolute Gasteiger partial charge is 0.232 e. The molecule has 3 aromatic rings. The number of aromatic nitrogens is 2. The second kappa shape index (κ2) is 7.72. The quantitative estimate of drug-likeness (QED) is 0.485. The molecule has 1 saturated heterocycles. The van der Waals surface area contributed by atoms with Crippen LogP contribution in [-0.4, -0.2) is 39.6 Å². The van der Waals surface area contributed by atoms with Gasteiger partial charge in [-0.1, -0.05) is 23.9 Å². The molecule has 0 atom stereocenters. The molecule has 1 fully saturated rings. The molecule has 0 aliphatic carbocycles. The number of rotatable bonds is 4. The van der Waals surface area contributed by atoms with E-state index in [4.69, 9.17) is 0 Å². The van der Waals surface area contributed by atoms with E-state index >= 15 is 0 Å². The minimum absolute atomic E-state index is 0.178. The summed E-state index contributed by atoms with van der Waals surface area (Å²) >= 11 is 3.05. The Bertz CT molecular complexity index is 920. The maximum atomic E-state index is 13.1. The van der Waals surface area contributed by atoms with Crippen LogP contribution >= 0.6 is 23.1 Å². The van der Waals surface area contributed by atoms with Gasteiger partial charge in [0.15, 0.2) is 0 Å². The second-order valence-corrected chi connectivity index (χ2v) is 8.26. The van der Waals surface area contributed by atoms with E-state index in [1.54, 1.807) is 23.5 Å². The molecule has 1 aliphatic rings. The largest absolute Gasteiger partial charge is 0.342 e. The molecule has 0 bridgehead atoms. The Morgan fingerprint density at radius 2 is 1.92 bits per heavy atom. The lowest BCUT2D eigenvalue weighted by Gasteiger charge is -2.26. The van der Waals surface area contributed by atoms with Gasteiger partial charge >= 0.3 is 0 Å². The minimum Gasteiger partial charge on any atom is -0.342 e. The lowest BCUT2D eigenvalue weighted by molar-refractivity contribution is -0.129. The number of likely N-dealkylation sites (tertiary alicyclic amines) is 1. The Labute approximate surface area is 159 Å². The average molecular weight is 388 g/mol. The Morgan fingerprint density at radius 3 is 2.69 bits per heavy atom. The topological polar surface area (TPSA) is 46.1 Å². The maximum Gasteiger partial charge on any atom is 0.232 e. The number of thiophene rings is 1. The van der Waals surface area contributed by atoms with E-state index in [1.165, 1.54) is 36.6 Å². The van der Waals surface area contributed by atoms with Gasteiger partial charge in [0.2, 0.25) is 5.91 Å². The van der Waals surface area contributed by atoms with Crippen molar-refractivity contribution >= 4 is 39.2 Å². The van der Waals surface area contributed by atoms with Crippen LogP contribution in [0.2, 0.25) is 0 Å². The molecular weight excluding hydrogens is 369 g/mol. The van der Waals surface area contributed by atoms with Gasteiger partial charge in [-0.2, -0.15) is 0 Å². The molecule has 134 valence electrons. The molecule has 4 rings (SSSR count). The third-order valence-corrected chi connectivity index (χ3v) is 6.73. The molecule has 4 nitrogen and oxygen atoms in total. The van der Waals surface area contributed by atoms with Gasteiger partial charge < -0.3 is 4.90 Å². The van der Waals surface area contributed by atoms with Crippen molar-refractivity contribution < 1.29 is 9.18 Å². The van der Waals surface area contributed by atoms with Crippen LogP contribution in [0.3, 0.4) is 0 Å². The van der Waals surface area contributed by atoms with Gasteiger partial charge in [-0.15, -0.1) is 11.3 Å². The standard InChI is InChI=1S/C19H18FN3OS2/c20-14-6-4-13(5-7-14)16-10-15-18(26-16)19(22-12-21-15)25-11-17(24)23-8-2-1-3-9-23/h4-7,10,12H,1-3,8-9,11H2. The summed E-state index contributed by atoms with van der Waals surface area (Å²) in [6, 6.07) is 8.43. The Morgan fingerprint density at radius 1 is 1.15 bits per heavy atom. The minimum atomic E-state index is -0.248. The van der Waals surface area contributed by atoms with Crippen LogP contribution in [0.4, 0.5) is 4.39 Å². The Kier molecular flexibility index (Phi) is 5.17. The predicted molar refractivity (Wildman–Crippen MR) is 104 cm³/mol. The number of carbonyl (C=O) groups excluding carboxylic acids is 1. The van der Waals surface area contributed by atoms with Crippen molar-refractivity contribution in [2.45, 2.75) is 24.3 Å². The van der Waals surface area contributed by atoms with Gasteiger partial charge in [0.1, 0.15) is 17.2 Å². The molecular formula is C19H18FN3OS2. The average Bonchev–Trinajstić information content (AvgIpc) is 3.12. The summed E-state index contributed by atoms with van der Waals surface area (Å²) in [5.74, 6) is 0.328. The number of piperidine rings is 1. The first-order valence-electron chi connectivity index (χ1n) is 8.62. The number of nitrogens with zero attached hydrogens (tertiary/aromatic N) is 3. The van der Waals surface area contributed by atoms with Gasteiger partial charge in [-0.05, 0) is 43.0 Å². The van der Waals surface area contributed by atoms with Crippen molar-refractivity contribution in [3.63, 3.8) is 0 Å². The number of hydrogen-bond acceptors (Lipinski definition) is 5. The molecule has 3 heterocycles. The first-order chi connectivity index (χ1) is 12.7. The Hall–Kier alpha value is -1.99. The van der Waals surface area contributed by atoms with E-state index in [1.807, 2.05) is 11.0 Å². The van der Waals surface area contributed by atoms with Crippen LogP contribution in [0.5, 0.6) is 0 Å². The van der Waals surface area contributed by atoms with Crippen molar-refractivity contribution in [3.05, 3.63) is 42.5 Å². The number of hydrogen-bond donors (Lipinski definition) is 0. The summed E-state index contributed by atoms with van der Waals surface area (Å²) in [6.45, 7) is 1.73. The third kappa shape index (κ3) is 3.73. The van der Waals surface area contributed by atoms with Crippen molar-refractivity contribution in [2.24, 2.45) is 0 Å². The third-order valence-electron chi connectivity index (χ3n) is 4.45. The van der Waals surface area contributed by atoms with E-state index in [-0.39, 0.29) is 11.7 Å². The van der Waals surface area contributed by atoms with Gasteiger partial charge in [-0.25, -0.2) is 14.4 Å². The van der Waals surface area contributed by atoms with E-state index in [0.29, 0.717) is 5.75 Å². The van der Waals surface area contributed by atoms with Crippen LogP contribution in [-0.2, 0) is 4.79 Å². The summed E-state index contributed by atoms with van der Waals surface area (Å²) in [6.07, 6.45) is 4.95. The molecule has 0 spiro atoms. The normalized spacial score (nSPS) is 14.7. The summed E-state index contributed by atoms with van der Waals surface area (Å²) in [5.41, 5.74) is 1.81. The first-order valence-corrected chi connectivity index (χ1v) is 10.4. The number of benzene rings is 1.